The molecule has 0 saturated carbocycles. The predicted molar refractivity (Wildman–Crippen MR) is 54.7 cm³/mol. The molecule has 0 amide bonds. The van der Waals surface area contributed by atoms with Crippen molar-refractivity contribution >= 4 is 0 Å². The van der Waals surface area contributed by atoms with Gasteiger partial charge in [0.15, 0.2) is 0 Å². The van der Waals surface area contributed by atoms with E-state index < -0.39 is 0 Å². The Balaban J connectivity index is 3.83. The maximum absolute atomic E-state index is 12.4. The van der Waals surface area contributed by atoms with Gasteiger partial charge in [0.25, 0.3) is 0 Å². The fourth-order valence-electron chi connectivity index (χ4n) is 0.931. The van der Waals surface area contributed by atoms with Gasteiger partial charge in [-0.15, -0.1) is 0 Å². The highest BCUT2D eigenvalue weighted by Gasteiger charge is 2.10. The van der Waals surface area contributed by atoms with E-state index in [1.54, 1.807) is 0 Å². The SMILES string of the molecule is CC(C)=C(CF)CCOC(C)(C)C. The number of alkyl halides is 1. The molecule has 13 heavy (non-hydrogen) atoms. The Morgan fingerprint density at radius 3 is 2.08 bits per heavy atom. The molecule has 78 valence electrons. The maximum atomic E-state index is 12.4. The van der Waals surface area contributed by atoms with Crippen molar-refractivity contribution < 1.29 is 9.13 Å². The molecule has 0 N–H and O–H groups in total. The molecule has 0 spiro atoms. The third-order valence-corrected chi connectivity index (χ3v) is 1.81. The van der Waals surface area contributed by atoms with Gasteiger partial charge < -0.3 is 4.74 Å². The Morgan fingerprint density at radius 2 is 1.77 bits per heavy atom. The standard InChI is InChI=1S/C11H21FO/c1-9(2)10(8-12)6-7-13-11(3,4)5/h6-8H2,1-5H3. The van der Waals surface area contributed by atoms with Crippen LogP contribution < -0.4 is 0 Å². The highest BCUT2D eigenvalue weighted by molar-refractivity contribution is 5.09. The van der Waals surface area contributed by atoms with Gasteiger partial charge in [0, 0.05) is 0 Å². The lowest BCUT2D eigenvalue weighted by Crippen LogP contribution is -2.20. The number of allylic oxidation sites excluding steroid dienone is 1. The van der Waals surface area contributed by atoms with E-state index in [1.165, 1.54) is 0 Å². The molecule has 0 rings (SSSR count). The molecule has 0 radical (unpaired) electrons. The van der Waals surface area contributed by atoms with Crippen LogP contribution in [0.15, 0.2) is 11.1 Å². The molecular formula is C11H21FO. The second-order valence-electron chi connectivity index (χ2n) is 4.45. The van der Waals surface area contributed by atoms with Crippen LogP contribution in [0.3, 0.4) is 0 Å². The summed E-state index contributed by atoms with van der Waals surface area (Å²) in [7, 11) is 0. The van der Waals surface area contributed by atoms with Gasteiger partial charge >= 0.3 is 0 Å². The van der Waals surface area contributed by atoms with Crippen molar-refractivity contribution in [1.29, 1.82) is 0 Å². The van der Waals surface area contributed by atoms with E-state index in [0.717, 1.165) is 11.1 Å². The van der Waals surface area contributed by atoms with E-state index in [9.17, 15) is 4.39 Å². The fourth-order valence-corrected chi connectivity index (χ4v) is 0.931. The van der Waals surface area contributed by atoms with E-state index >= 15 is 0 Å². The Hall–Kier alpha value is -0.370. The molecule has 0 atom stereocenters. The molecule has 0 aromatic rings. The summed E-state index contributed by atoms with van der Waals surface area (Å²) in [4.78, 5) is 0. The minimum absolute atomic E-state index is 0.122. The maximum Gasteiger partial charge on any atom is 0.111 e. The lowest BCUT2D eigenvalue weighted by atomic mass is 10.1. The van der Waals surface area contributed by atoms with Crippen molar-refractivity contribution in [3.63, 3.8) is 0 Å². The Bertz CT molecular complexity index is 173. The van der Waals surface area contributed by atoms with Crippen molar-refractivity contribution in [1.82, 2.24) is 0 Å². The quantitative estimate of drug-likeness (QED) is 0.613. The molecule has 0 aliphatic heterocycles. The average molecular weight is 188 g/mol. The van der Waals surface area contributed by atoms with Crippen molar-refractivity contribution in [3.8, 4) is 0 Å². The first kappa shape index (κ1) is 12.6. The first-order valence-corrected chi connectivity index (χ1v) is 4.72. The molecular weight excluding hydrogens is 167 g/mol. The average Bonchev–Trinajstić information content (AvgIpc) is 1.95. The molecule has 0 unspecified atom stereocenters. The van der Waals surface area contributed by atoms with Gasteiger partial charge in [0.05, 0.1) is 12.2 Å². The smallest absolute Gasteiger partial charge is 0.111 e. The summed E-state index contributed by atoms with van der Waals surface area (Å²) in [6.45, 7) is 10.1. The van der Waals surface area contributed by atoms with Crippen LogP contribution in [0.2, 0.25) is 0 Å². The minimum atomic E-state index is -0.351. The first-order valence-electron chi connectivity index (χ1n) is 4.72. The van der Waals surface area contributed by atoms with Gasteiger partial charge in [0.1, 0.15) is 6.67 Å². The van der Waals surface area contributed by atoms with E-state index in [2.05, 4.69) is 0 Å². The van der Waals surface area contributed by atoms with Crippen LogP contribution in [0.1, 0.15) is 41.0 Å². The summed E-state index contributed by atoms with van der Waals surface area (Å²) in [5, 5.41) is 0. The predicted octanol–water partition coefficient (Wildman–Crippen LogP) is 3.50. The third kappa shape index (κ3) is 6.76. The van der Waals surface area contributed by atoms with Crippen LogP contribution in [-0.4, -0.2) is 18.9 Å². The fraction of sp³-hybridized carbons (Fsp3) is 0.818. The Morgan fingerprint density at radius 1 is 1.23 bits per heavy atom. The number of ether oxygens (including phenoxy) is 1. The molecule has 0 saturated heterocycles. The van der Waals surface area contributed by atoms with E-state index in [1.807, 2.05) is 34.6 Å². The zero-order chi connectivity index (χ0) is 10.5. The van der Waals surface area contributed by atoms with Crippen LogP contribution in [0.5, 0.6) is 0 Å². The van der Waals surface area contributed by atoms with Crippen molar-refractivity contribution in [2.45, 2.75) is 46.6 Å². The summed E-state index contributed by atoms with van der Waals surface area (Å²) < 4.78 is 17.9. The molecule has 0 fully saturated rings. The Kier molecular flexibility index (Phi) is 5.23. The zero-order valence-corrected chi connectivity index (χ0v) is 9.41. The molecule has 2 heteroatoms. The number of halogens is 1. The van der Waals surface area contributed by atoms with E-state index in [-0.39, 0.29) is 12.3 Å². The summed E-state index contributed by atoms with van der Waals surface area (Å²) >= 11 is 0. The minimum Gasteiger partial charge on any atom is -0.376 e. The summed E-state index contributed by atoms with van der Waals surface area (Å²) in [6.07, 6.45) is 0.704. The van der Waals surface area contributed by atoms with Crippen LogP contribution in [-0.2, 0) is 4.74 Å². The molecule has 0 aliphatic carbocycles. The third-order valence-electron chi connectivity index (χ3n) is 1.81. The molecule has 1 nitrogen and oxygen atoms in total. The van der Waals surface area contributed by atoms with E-state index in [4.69, 9.17) is 4.74 Å². The number of rotatable bonds is 4. The van der Waals surface area contributed by atoms with Gasteiger partial charge in [-0.1, -0.05) is 5.57 Å². The van der Waals surface area contributed by atoms with Crippen molar-refractivity contribution in [2.75, 3.05) is 13.3 Å². The second-order valence-corrected chi connectivity index (χ2v) is 4.45. The monoisotopic (exact) mass is 188 g/mol. The van der Waals surface area contributed by atoms with Crippen molar-refractivity contribution in [2.24, 2.45) is 0 Å². The van der Waals surface area contributed by atoms with Crippen LogP contribution in [0, 0.1) is 0 Å². The number of hydrogen-bond acceptors (Lipinski definition) is 1. The van der Waals surface area contributed by atoms with Gasteiger partial charge in [0.2, 0.25) is 0 Å². The van der Waals surface area contributed by atoms with Gasteiger partial charge in [-0.05, 0) is 46.6 Å². The normalized spacial score (nSPS) is 11.5. The highest BCUT2D eigenvalue weighted by Crippen LogP contribution is 2.12. The van der Waals surface area contributed by atoms with Gasteiger partial charge in [-0.2, -0.15) is 0 Å². The van der Waals surface area contributed by atoms with Gasteiger partial charge in [-0.3, -0.25) is 0 Å². The zero-order valence-electron chi connectivity index (χ0n) is 9.41. The molecule has 0 aromatic carbocycles. The molecule has 0 aliphatic rings. The topological polar surface area (TPSA) is 9.23 Å². The molecule has 0 bridgehead atoms. The summed E-state index contributed by atoms with van der Waals surface area (Å²) in [5.74, 6) is 0. The highest BCUT2D eigenvalue weighted by atomic mass is 19.1. The van der Waals surface area contributed by atoms with Crippen molar-refractivity contribution in [3.05, 3.63) is 11.1 Å². The van der Waals surface area contributed by atoms with Gasteiger partial charge in [-0.25, -0.2) is 4.39 Å². The summed E-state index contributed by atoms with van der Waals surface area (Å²) in [5.41, 5.74) is 1.81. The first-order chi connectivity index (χ1) is 5.87. The lowest BCUT2D eigenvalue weighted by Gasteiger charge is -2.19. The number of hydrogen-bond donors (Lipinski definition) is 0. The molecule has 0 aromatic heterocycles. The largest absolute Gasteiger partial charge is 0.376 e. The van der Waals surface area contributed by atoms with E-state index in [0.29, 0.717) is 13.0 Å². The second kappa shape index (κ2) is 5.38. The lowest BCUT2D eigenvalue weighted by molar-refractivity contribution is -0.00141. The Labute approximate surface area is 81.0 Å². The van der Waals surface area contributed by atoms with Crippen LogP contribution >= 0.6 is 0 Å². The van der Waals surface area contributed by atoms with Crippen LogP contribution in [0.25, 0.3) is 0 Å². The molecule has 0 heterocycles. The van der Waals surface area contributed by atoms with Crippen LogP contribution in [0.4, 0.5) is 4.39 Å². The summed E-state index contributed by atoms with van der Waals surface area (Å²) in [6, 6.07) is 0.